The summed E-state index contributed by atoms with van der Waals surface area (Å²) >= 11 is 0. The first-order valence-electron chi connectivity index (χ1n) is 5.34. The van der Waals surface area contributed by atoms with Gasteiger partial charge in [0, 0.05) is 6.42 Å². The minimum atomic E-state index is 0.724. The minimum Gasteiger partial charge on any atom is -0.120 e. The zero-order chi connectivity index (χ0) is 9.97. The summed E-state index contributed by atoms with van der Waals surface area (Å²) in [5.41, 5.74) is 4.47. The molecular weight excluding hydrogens is 168 g/mol. The maximum absolute atomic E-state index is 5.30. The van der Waals surface area contributed by atoms with Gasteiger partial charge in [0.25, 0.3) is 0 Å². The average Bonchev–Trinajstić information content (AvgIpc) is 2.57. The molecule has 1 unspecified atom stereocenters. The van der Waals surface area contributed by atoms with Gasteiger partial charge < -0.3 is 0 Å². The van der Waals surface area contributed by atoms with Crippen LogP contribution in [0.3, 0.4) is 0 Å². The number of rotatable bonds is 2. The number of benzene rings is 1. The molecule has 0 radical (unpaired) electrons. The summed E-state index contributed by atoms with van der Waals surface area (Å²) < 4.78 is 0. The lowest BCUT2D eigenvalue weighted by molar-refractivity contribution is 0.632. The maximum atomic E-state index is 5.30. The molecule has 0 amide bonds. The third-order valence-corrected chi connectivity index (χ3v) is 3.14. The number of hydrogen-bond donors (Lipinski definition) is 0. The molecule has 1 aromatic carbocycles. The lowest BCUT2D eigenvalue weighted by atomic mass is 9.96. The number of hydrogen-bond acceptors (Lipinski definition) is 0. The summed E-state index contributed by atoms with van der Waals surface area (Å²) in [7, 11) is 0. The van der Waals surface area contributed by atoms with E-state index < -0.39 is 0 Å². The molecule has 0 saturated heterocycles. The Balaban J connectivity index is 2.19. The Bertz CT molecular complexity index is 368. The summed E-state index contributed by atoms with van der Waals surface area (Å²) in [6.45, 7) is 2.16. The van der Waals surface area contributed by atoms with Crippen LogP contribution in [-0.4, -0.2) is 0 Å². The smallest absolute Gasteiger partial charge is 0.00918 e. The molecule has 1 aliphatic carbocycles. The highest BCUT2D eigenvalue weighted by Gasteiger charge is 2.21. The molecule has 1 atom stereocenters. The third-order valence-electron chi connectivity index (χ3n) is 3.14. The zero-order valence-electron chi connectivity index (χ0n) is 8.72. The highest BCUT2D eigenvalue weighted by atomic mass is 14.3. The summed E-state index contributed by atoms with van der Waals surface area (Å²) in [6.07, 6.45) is 9.91. The van der Waals surface area contributed by atoms with Crippen molar-refractivity contribution in [2.24, 2.45) is 0 Å². The quantitative estimate of drug-likeness (QED) is 0.618. The summed E-state index contributed by atoms with van der Waals surface area (Å²) in [4.78, 5) is 0. The number of terminal acetylenes is 1. The number of fused-ring (bicyclic) bond motifs is 1. The van der Waals surface area contributed by atoms with Crippen molar-refractivity contribution in [3.05, 3.63) is 34.9 Å². The van der Waals surface area contributed by atoms with Gasteiger partial charge in [-0.1, -0.05) is 23.8 Å². The van der Waals surface area contributed by atoms with Crippen LogP contribution in [-0.2, 0) is 6.42 Å². The van der Waals surface area contributed by atoms with Crippen LogP contribution in [0.1, 0.15) is 41.9 Å². The van der Waals surface area contributed by atoms with Gasteiger partial charge >= 0.3 is 0 Å². The van der Waals surface area contributed by atoms with Crippen molar-refractivity contribution in [2.45, 2.75) is 38.5 Å². The van der Waals surface area contributed by atoms with Crippen molar-refractivity contribution >= 4 is 0 Å². The summed E-state index contributed by atoms with van der Waals surface area (Å²) in [5, 5.41) is 0. The van der Waals surface area contributed by atoms with E-state index in [1.807, 2.05) is 0 Å². The molecule has 2 rings (SSSR count). The van der Waals surface area contributed by atoms with Crippen LogP contribution in [0.2, 0.25) is 0 Å². The van der Waals surface area contributed by atoms with Gasteiger partial charge in [-0.15, -0.1) is 12.3 Å². The van der Waals surface area contributed by atoms with E-state index in [0.717, 1.165) is 18.8 Å². The molecule has 0 saturated carbocycles. The monoisotopic (exact) mass is 184 g/mol. The average molecular weight is 184 g/mol. The molecular formula is C14H16. The normalized spacial score (nSPS) is 19.0. The molecule has 0 aromatic heterocycles. The Labute approximate surface area is 86.3 Å². The van der Waals surface area contributed by atoms with E-state index in [4.69, 9.17) is 6.42 Å². The molecule has 0 heteroatoms. The Kier molecular flexibility index (Phi) is 2.59. The lowest BCUT2D eigenvalue weighted by Crippen LogP contribution is -1.92. The molecule has 0 N–H and O–H groups in total. The molecule has 0 fully saturated rings. The SMILES string of the molecule is C#CCCC1CCc2cc(C)ccc21. The first-order valence-corrected chi connectivity index (χ1v) is 5.34. The highest BCUT2D eigenvalue weighted by Crippen LogP contribution is 2.36. The van der Waals surface area contributed by atoms with Crippen LogP contribution in [0.25, 0.3) is 0 Å². The van der Waals surface area contributed by atoms with Crippen LogP contribution in [0, 0.1) is 19.3 Å². The summed E-state index contributed by atoms with van der Waals surface area (Å²) in [6, 6.07) is 6.83. The van der Waals surface area contributed by atoms with Gasteiger partial charge in [-0.2, -0.15) is 0 Å². The Morgan fingerprint density at radius 1 is 1.50 bits per heavy atom. The molecule has 14 heavy (non-hydrogen) atoms. The van der Waals surface area contributed by atoms with Crippen LogP contribution in [0.4, 0.5) is 0 Å². The van der Waals surface area contributed by atoms with Crippen LogP contribution < -0.4 is 0 Å². The largest absolute Gasteiger partial charge is 0.120 e. The standard InChI is InChI=1S/C14H16/c1-3-4-5-12-7-8-13-10-11(2)6-9-14(12)13/h1,6,9-10,12H,4-5,7-8H2,2H3. The molecule has 0 heterocycles. The molecule has 1 aliphatic rings. The van der Waals surface area contributed by atoms with E-state index in [-0.39, 0.29) is 0 Å². The second kappa shape index (κ2) is 3.88. The van der Waals surface area contributed by atoms with Crippen molar-refractivity contribution in [1.82, 2.24) is 0 Å². The molecule has 1 aromatic rings. The van der Waals surface area contributed by atoms with Gasteiger partial charge in [0.05, 0.1) is 0 Å². The molecule has 0 bridgehead atoms. The second-order valence-electron chi connectivity index (χ2n) is 4.18. The fraction of sp³-hybridized carbons (Fsp3) is 0.429. The lowest BCUT2D eigenvalue weighted by Gasteiger charge is -2.09. The van der Waals surface area contributed by atoms with Gasteiger partial charge in [-0.05, 0) is 43.2 Å². The predicted molar refractivity (Wildman–Crippen MR) is 60.3 cm³/mol. The molecule has 0 nitrogen and oxygen atoms in total. The first kappa shape index (κ1) is 9.34. The molecule has 0 spiro atoms. The number of aryl methyl sites for hydroxylation is 2. The predicted octanol–water partition coefficient (Wildman–Crippen LogP) is 3.44. The van der Waals surface area contributed by atoms with E-state index in [2.05, 4.69) is 31.0 Å². The van der Waals surface area contributed by atoms with Crippen LogP contribution >= 0.6 is 0 Å². The van der Waals surface area contributed by atoms with E-state index >= 15 is 0 Å². The van der Waals surface area contributed by atoms with Gasteiger partial charge in [0.15, 0.2) is 0 Å². The van der Waals surface area contributed by atoms with Crippen molar-refractivity contribution in [1.29, 1.82) is 0 Å². The van der Waals surface area contributed by atoms with Gasteiger partial charge in [-0.25, -0.2) is 0 Å². The Hall–Kier alpha value is -1.22. The van der Waals surface area contributed by atoms with Crippen molar-refractivity contribution in [2.75, 3.05) is 0 Å². The fourth-order valence-corrected chi connectivity index (χ4v) is 2.39. The fourth-order valence-electron chi connectivity index (χ4n) is 2.39. The van der Waals surface area contributed by atoms with E-state index in [1.165, 1.54) is 18.4 Å². The summed E-state index contributed by atoms with van der Waals surface area (Å²) in [5.74, 6) is 3.46. The maximum Gasteiger partial charge on any atom is 0.00918 e. The Morgan fingerprint density at radius 3 is 3.14 bits per heavy atom. The van der Waals surface area contributed by atoms with Gasteiger partial charge in [0.1, 0.15) is 0 Å². The van der Waals surface area contributed by atoms with E-state index in [1.54, 1.807) is 11.1 Å². The minimum absolute atomic E-state index is 0.724. The van der Waals surface area contributed by atoms with Gasteiger partial charge in [-0.3, -0.25) is 0 Å². The van der Waals surface area contributed by atoms with Crippen molar-refractivity contribution < 1.29 is 0 Å². The zero-order valence-corrected chi connectivity index (χ0v) is 8.72. The van der Waals surface area contributed by atoms with Gasteiger partial charge in [0.2, 0.25) is 0 Å². The molecule has 72 valence electrons. The van der Waals surface area contributed by atoms with Crippen molar-refractivity contribution in [3.63, 3.8) is 0 Å². The van der Waals surface area contributed by atoms with Crippen molar-refractivity contribution in [3.8, 4) is 12.3 Å². The van der Waals surface area contributed by atoms with Crippen LogP contribution in [0.15, 0.2) is 18.2 Å². The Morgan fingerprint density at radius 2 is 2.36 bits per heavy atom. The highest BCUT2D eigenvalue weighted by molar-refractivity contribution is 5.37. The molecule has 0 aliphatic heterocycles. The van der Waals surface area contributed by atoms with Crippen LogP contribution in [0.5, 0.6) is 0 Å². The second-order valence-corrected chi connectivity index (χ2v) is 4.18. The van der Waals surface area contributed by atoms with E-state index in [9.17, 15) is 0 Å². The first-order chi connectivity index (χ1) is 6.81. The topological polar surface area (TPSA) is 0 Å². The third kappa shape index (κ3) is 1.68. The van der Waals surface area contributed by atoms with E-state index in [0.29, 0.717) is 0 Å².